The number of carbonyl (C=O) groups is 1. The summed E-state index contributed by atoms with van der Waals surface area (Å²) in [6, 6.07) is 6.34. The summed E-state index contributed by atoms with van der Waals surface area (Å²) >= 11 is 0. The minimum atomic E-state index is -0.142. The minimum absolute atomic E-state index is 0.138. The van der Waals surface area contributed by atoms with E-state index in [4.69, 9.17) is 0 Å². The third-order valence-corrected chi connectivity index (χ3v) is 10.4. The van der Waals surface area contributed by atoms with Crippen LogP contribution in [-0.4, -0.2) is 17.0 Å². The van der Waals surface area contributed by atoms with E-state index in [-0.39, 0.29) is 22.9 Å². The molecular formula is C30H40O2. The van der Waals surface area contributed by atoms with Gasteiger partial charge in [0.25, 0.3) is 0 Å². The Morgan fingerprint density at radius 2 is 1.78 bits per heavy atom. The third-order valence-electron chi connectivity index (χ3n) is 10.4. The molecular weight excluding hydrogens is 392 g/mol. The summed E-state index contributed by atoms with van der Waals surface area (Å²) < 4.78 is 0. The van der Waals surface area contributed by atoms with E-state index in [0.717, 1.165) is 38.0 Å². The molecule has 1 aromatic rings. The van der Waals surface area contributed by atoms with Crippen molar-refractivity contribution >= 4 is 11.9 Å². The first-order valence-electron chi connectivity index (χ1n) is 12.9. The Bertz CT molecular complexity index is 951. The fraction of sp³-hybridized carbons (Fsp3) is 0.633. The summed E-state index contributed by atoms with van der Waals surface area (Å²) in [5.74, 6) is 2.60. The number of benzene rings is 1. The first-order chi connectivity index (χ1) is 15.2. The summed E-state index contributed by atoms with van der Waals surface area (Å²) in [6.07, 6.45) is 15.1. The average Bonchev–Trinajstić information content (AvgIpc) is 3.11. The van der Waals surface area contributed by atoms with Crippen LogP contribution in [0.4, 0.5) is 0 Å². The highest BCUT2D eigenvalue weighted by Crippen LogP contribution is 2.66. The molecule has 0 spiro atoms. The predicted octanol–water partition coefficient (Wildman–Crippen LogP) is 6.83. The molecule has 3 saturated carbocycles. The molecule has 1 aromatic carbocycles. The lowest BCUT2D eigenvalue weighted by molar-refractivity contribution is -0.124. The second kappa shape index (κ2) is 7.97. The van der Waals surface area contributed by atoms with Gasteiger partial charge in [0.05, 0.1) is 6.10 Å². The van der Waals surface area contributed by atoms with Gasteiger partial charge >= 0.3 is 0 Å². The number of hydrogen-bond donors (Lipinski definition) is 1. The maximum absolute atomic E-state index is 13.5. The molecule has 0 unspecified atom stereocenters. The molecule has 0 bridgehead atoms. The normalized spacial score (nSPS) is 41.0. The zero-order valence-corrected chi connectivity index (χ0v) is 20.4. The van der Waals surface area contributed by atoms with Crippen LogP contribution in [0.15, 0.2) is 35.9 Å². The van der Waals surface area contributed by atoms with E-state index in [1.807, 2.05) is 6.08 Å². The van der Waals surface area contributed by atoms with Crippen molar-refractivity contribution in [2.45, 2.75) is 85.2 Å². The van der Waals surface area contributed by atoms with Gasteiger partial charge in [0, 0.05) is 5.92 Å². The van der Waals surface area contributed by atoms with E-state index >= 15 is 0 Å². The monoisotopic (exact) mass is 432 g/mol. The third kappa shape index (κ3) is 3.36. The van der Waals surface area contributed by atoms with Crippen LogP contribution in [0.1, 0.15) is 81.9 Å². The standard InChI is InChI=1S/C30H40O2/c1-19-6-5-7-20(2)23(19)10-13-28(32)27-12-11-25-24-9-8-21-18-22(31)14-16-29(21,3)26(24)15-17-30(25,27)4/h5-8,10,13,22,24-27,31H,9,11-12,14-18H2,1-4H3/b13-10+/t22-,24-,25-,26-,27+,29-,30-/m0/s1. The van der Waals surface area contributed by atoms with E-state index in [0.29, 0.717) is 17.6 Å². The first kappa shape index (κ1) is 22.1. The molecule has 7 atom stereocenters. The van der Waals surface area contributed by atoms with Crippen LogP contribution in [0.2, 0.25) is 0 Å². The van der Waals surface area contributed by atoms with E-state index < -0.39 is 0 Å². The van der Waals surface area contributed by atoms with Gasteiger partial charge in [-0.3, -0.25) is 4.79 Å². The van der Waals surface area contributed by atoms with Crippen molar-refractivity contribution < 1.29 is 9.90 Å². The Balaban J connectivity index is 1.37. The molecule has 2 heteroatoms. The minimum Gasteiger partial charge on any atom is -0.393 e. The second-order valence-electron chi connectivity index (χ2n) is 11.9. The molecule has 1 N–H and O–H groups in total. The van der Waals surface area contributed by atoms with Crippen molar-refractivity contribution in [3.05, 3.63) is 52.6 Å². The number of hydrogen-bond acceptors (Lipinski definition) is 2. The molecule has 3 fully saturated rings. The highest BCUT2D eigenvalue weighted by atomic mass is 16.3. The lowest BCUT2D eigenvalue weighted by Gasteiger charge is -2.57. The van der Waals surface area contributed by atoms with Crippen LogP contribution in [0.25, 0.3) is 6.08 Å². The summed E-state index contributed by atoms with van der Waals surface area (Å²) in [5, 5.41) is 10.2. The van der Waals surface area contributed by atoms with Gasteiger partial charge in [-0.15, -0.1) is 0 Å². The maximum Gasteiger partial charge on any atom is 0.159 e. The quantitative estimate of drug-likeness (QED) is 0.420. The van der Waals surface area contributed by atoms with Crippen molar-refractivity contribution in [1.82, 2.24) is 0 Å². The Labute approximate surface area is 194 Å². The molecule has 0 amide bonds. The molecule has 0 aromatic heterocycles. The lowest BCUT2D eigenvalue weighted by atomic mass is 9.47. The smallest absolute Gasteiger partial charge is 0.159 e. The average molecular weight is 433 g/mol. The van der Waals surface area contributed by atoms with Crippen molar-refractivity contribution in [2.24, 2.45) is 34.5 Å². The Morgan fingerprint density at radius 3 is 2.53 bits per heavy atom. The fourth-order valence-electron chi connectivity index (χ4n) is 8.48. The van der Waals surface area contributed by atoms with Crippen molar-refractivity contribution in [1.29, 1.82) is 0 Å². The molecule has 5 rings (SSSR count). The number of aliphatic hydroxyl groups is 1. The second-order valence-corrected chi connectivity index (χ2v) is 11.9. The van der Waals surface area contributed by atoms with Gasteiger partial charge in [0.15, 0.2) is 5.78 Å². The van der Waals surface area contributed by atoms with Gasteiger partial charge in [-0.25, -0.2) is 0 Å². The van der Waals surface area contributed by atoms with Gasteiger partial charge < -0.3 is 5.11 Å². The van der Waals surface area contributed by atoms with E-state index in [2.05, 4.69) is 58.0 Å². The molecule has 0 radical (unpaired) electrons. The molecule has 4 aliphatic rings. The molecule has 0 heterocycles. The zero-order valence-electron chi connectivity index (χ0n) is 20.4. The van der Waals surface area contributed by atoms with Gasteiger partial charge in [-0.2, -0.15) is 0 Å². The lowest BCUT2D eigenvalue weighted by Crippen LogP contribution is -2.50. The zero-order chi connectivity index (χ0) is 22.7. The van der Waals surface area contributed by atoms with Gasteiger partial charge in [0.2, 0.25) is 0 Å². The van der Waals surface area contributed by atoms with Crippen LogP contribution in [0.5, 0.6) is 0 Å². The Morgan fingerprint density at radius 1 is 1.03 bits per heavy atom. The topological polar surface area (TPSA) is 37.3 Å². The summed E-state index contributed by atoms with van der Waals surface area (Å²) in [7, 11) is 0. The number of allylic oxidation sites excluding steroid dienone is 2. The van der Waals surface area contributed by atoms with Crippen LogP contribution < -0.4 is 0 Å². The number of fused-ring (bicyclic) bond motifs is 5. The summed E-state index contributed by atoms with van der Waals surface area (Å²) in [5.41, 5.74) is 5.61. The van der Waals surface area contributed by atoms with E-state index in [1.165, 1.54) is 41.5 Å². The van der Waals surface area contributed by atoms with Crippen LogP contribution >= 0.6 is 0 Å². The molecule has 0 aliphatic heterocycles. The predicted molar refractivity (Wildman–Crippen MR) is 131 cm³/mol. The fourth-order valence-corrected chi connectivity index (χ4v) is 8.48. The summed E-state index contributed by atoms with van der Waals surface area (Å²) in [6.45, 7) is 9.17. The van der Waals surface area contributed by atoms with Crippen LogP contribution in [0, 0.1) is 48.3 Å². The van der Waals surface area contributed by atoms with Gasteiger partial charge in [-0.05, 0) is 117 Å². The number of rotatable bonds is 3. The van der Waals surface area contributed by atoms with Crippen molar-refractivity contribution in [2.75, 3.05) is 0 Å². The molecule has 4 aliphatic carbocycles. The van der Waals surface area contributed by atoms with Crippen LogP contribution in [-0.2, 0) is 4.79 Å². The van der Waals surface area contributed by atoms with Gasteiger partial charge in [0.1, 0.15) is 0 Å². The van der Waals surface area contributed by atoms with Crippen LogP contribution in [0.3, 0.4) is 0 Å². The van der Waals surface area contributed by atoms with E-state index in [9.17, 15) is 9.90 Å². The van der Waals surface area contributed by atoms with Crippen molar-refractivity contribution in [3.8, 4) is 0 Å². The number of ketones is 1. The van der Waals surface area contributed by atoms with Crippen molar-refractivity contribution in [3.63, 3.8) is 0 Å². The Kier molecular flexibility index (Phi) is 5.52. The van der Waals surface area contributed by atoms with Gasteiger partial charge in [-0.1, -0.05) is 49.8 Å². The van der Waals surface area contributed by atoms with E-state index in [1.54, 1.807) is 0 Å². The maximum atomic E-state index is 13.5. The first-order valence-corrected chi connectivity index (χ1v) is 12.9. The number of aliphatic hydroxyl groups excluding tert-OH is 1. The highest BCUT2D eigenvalue weighted by molar-refractivity contribution is 5.96. The largest absolute Gasteiger partial charge is 0.393 e. The number of carbonyl (C=O) groups excluding carboxylic acids is 1. The highest BCUT2D eigenvalue weighted by Gasteiger charge is 2.59. The Hall–Kier alpha value is -1.67. The molecule has 32 heavy (non-hydrogen) atoms. The number of aryl methyl sites for hydroxylation is 2. The SMILES string of the molecule is Cc1cccc(C)c1/C=C/C(=O)[C@H]1CC[C@H]2[C@@H]3CC=C4C[C@@H](O)CC[C@]4(C)[C@H]3CC[C@]12C. The summed E-state index contributed by atoms with van der Waals surface area (Å²) in [4.78, 5) is 13.5. The molecule has 0 saturated heterocycles. The molecule has 172 valence electrons. The molecule has 2 nitrogen and oxygen atoms in total.